The molecule has 4 heteroatoms. The fourth-order valence-electron chi connectivity index (χ4n) is 2.26. The van der Waals surface area contributed by atoms with Gasteiger partial charge in [0, 0.05) is 29.7 Å². The molecule has 1 unspecified atom stereocenters. The Hall–Kier alpha value is -2.62. The number of hydrogen-bond acceptors (Lipinski definition) is 2. The van der Waals surface area contributed by atoms with Crippen LogP contribution in [0.25, 0.3) is 10.9 Å². The molecule has 0 radical (unpaired) electrons. The van der Waals surface area contributed by atoms with Gasteiger partial charge in [-0.3, -0.25) is 9.59 Å². The van der Waals surface area contributed by atoms with Crippen molar-refractivity contribution in [3.8, 4) is 0 Å². The molecule has 1 heterocycles. The van der Waals surface area contributed by atoms with Crippen LogP contribution >= 0.6 is 0 Å². The minimum atomic E-state index is -0.240. The standard InChI is InChI=1S/C10H9NO.C7H9NO/c1-11-6-8(7-12)9-4-2-3-5-10(9)11;8-7(9)6-4-2-1-3-5-6/h2-7H,1H3;1-4,6H,5H2,(H2,8,9). The number of hydrogen-bond donors (Lipinski definition) is 1. The van der Waals surface area contributed by atoms with E-state index in [-0.39, 0.29) is 11.8 Å². The Morgan fingerprint density at radius 2 is 2.10 bits per heavy atom. The van der Waals surface area contributed by atoms with Gasteiger partial charge in [-0.15, -0.1) is 0 Å². The normalized spacial score (nSPS) is 16.3. The lowest BCUT2D eigenvalue weighted by molar-refractivity contribution is -0.120. The summed E-state index contributed by atoms with van der Waals surface area (Å²) in [6.45, 7) is 0. The minimum Gasteiger partial charge on any atom is -0.369 e. The van der Waals surface area contributed by atoms with Gasteiger partial charge in [-0.25, -0.2) is 0 Å². The van der Waals surface area contributed by atoms with E-state index in [2.05, 4.69) is 0 Å². The maximum Gasteiger partial charge on any atom is 0.224 e. The van der Waals surface area contributed by atoms with Crippen molar-refractivity contribution in [2.45, 2.75) is 6.42 Å². The summed E-state index contributed by atoms with van der Waals surface area (Å²) in [4.78, 5) is 21.1. The van der Waals surface area contributed by atoms with Crippen LogP contribution in [-0.2, 0) is 11.8 Å². The molecule has 2 aromatic rings. The number of aldehydes is 1. The maximum atomic E-state index is 10.6. The van der Waals surface area contributed by atoms with Crippen molar-refractivity contribution >= 4 is 23.1 Å². The van der Waals surface area contributed by atoms with Gasteiger partial charge in [-0.1, -0.05) is 42.5 Å². The smallest absolute Gasteiger partial charge is 0.224 e. The predicted molar refractivity (Wildman–Crippen MR) is 83.9 cm³/mol. The Balaban J connectivity index is 0.000000161. The molecular formula is C17H18N2O2. The van der Waals surface area contributed by atoms with E-state index >= 15 is 0 Å². The first-order valence-corrected chi connectivity index (χ1v) is 6.75. The van der Waals surface area contributed by atoms with Crippen LogP contribution in [0.15, 0.2) is 54.8 Å². The monoisotopic (exact) mass is 282 g/mol. The summed E-state index contributed by atoms with van der Waals surface area (Å²) in [5, 5.41) is 1.02. The van der Waals surface area contributed by atoms with Crippen LogP contribution in [0.2, 0.25) is 0 Å². The number of amides is 1. The number of carbonyl (C=O) groups is 2. The highest BCUT2D eigenvalue weighted by molar-refractivity contribution is 5.97. The van der Waals surface area contributed by atoms with Crippen LogP contribution in [-0.4, -0.2) is 16.8 Å². The minimum absolute atomic E-state index is 0.0741. The van der Waals surface area contributed by atoms with E-state index in [1.807, 2.05) is 66.4 Å². The molecule has 1 atom stereocenters. The maximum absolute atomic E-state index is 10.6. The van der Waals surface area contributed by atoms with Crippen molar-refractivity contribution in [1.29, 1.82) is 0 Å². The molecule has 0 saturated heterocycles. The van der Waals surface area contributed by atoms with Crippen LogP contribution in [0, 0.1) is 5.92 Å². The first-order valence-electron chi connectivity index (χ1n) is 6.75. The second kappa shape index (κ2) is 6.70. The highest BCUT2D eigenvalue weighted by atomic mass is 16.1. The third kappa shape index (κ3) is 3.48. The molecule has 21 heavy (non-hydrogen) atoms. The molecule has 1 aromatic carbocycles. The van der Waals surface area contributed by atoms with Gasteiger partial charge in [-0.05, 0) is 12.5 Å². The Morgan fingerprint density at radius 1 is 1.33 bits per heavy atom. The third-order valence-corrected chi connectivity index (χ3v) is 3.40. The van der Waals surface area contributed by atoms with E-state index in [0.717, 1.165) is 29.2 Å². The van der Waals surface area contributed by atoms with Crippen LogP contribution < -0.4 is 5.73 Å². The van der Waals surface area contributed by atoms with Crippen LogP contribution in [0.4, 0.5) is 0 Å². The first-order chi connectivity index (χ1) is 10.1. The fraction of sp³-hybridized carbons (Fsp3) is 0.176. The molecule has 108 valence electrons. The zero-order valence-corrected chi connectivity index (χ0v) is 11.9. The summed E-state index contributed by atoms with van der Waals surface area (Å²) in [5.41, 5.74) is 6.90. The van der Waals surface area contributed by atoms with Gasteiger partial charge in [-0.2, -0.15) is 0 Å². The Morgan fingerprint density at radius 3 is 2.67 bits per heavy atom. The van der Waals surface area contributed by atoms with Gasteiger partial charge >= 0.3 is 0 Å². The molecule has 0 fully saturated rings. The number of allylic oxidation sites excluding steroid dienone is 3. The number of rotatable bonds is 2. The lowest BCUT2D eigenvalue weighted by Gasteiger charge is -2.06. The molecule has 0 bridgehead atoms. The molecule has 1 amide bonds. The Kier molecular flexibility index (Phi) is 4.72. The van der Waals surface area contributed by atoms with Crippen LogP contribution in [0.5, 0.6) is 0 Å². The van der Waals surface area contributed by atoms with Crippen molar-refractivity contribution in [2.24, 2.45) is 18.7 Å². The summed E-state index contributed by atoms with van der Waals surface area (Å²) < 4.78 is 1.96. The largest absolute Gasteiger partial charge is 0.369 e. The van der Waals surface area contributed by atoms with E-state index in [0.29, 0.717) is 0 Å². The molecule has 3 rings (SSSR count). The first kappa shape index (κ1) is 14.8. The number of carbonyl (C=O) groups excluding carboxylic acids is 2. The van der Waals surface area contributed by atoms with E-state index in [1.54, 1.807) is 0 Å². The molecule has 1 aliphatic rings. The number of fused-ring (bicyclic) bond motifs is 1. The summed E-state index contributed by atoms with van der Waals surface area (Å²) in [6.07, 6.45) is 11.0. The quantitative estimate of drug-likeness (QED) is 0.860. The topological polar surface area (TPSA) is 65.1 Å². The van der Waals surface area contributed by atoms with Crippen molar-refractivity contribution in [2.75, 3.05) is 0 Å². The van der Waals surface area contributed by atoms with Gasteiger partial charge in [0.1, 0.15) is 0 Å². The fourth-order valence-corrected chi connectivity index (χ4v) is 2.26. The van der Waals surface area contributed by atoms with Gasteiger partial charge < -0.3 is 10.3 Å². The van der Waals surface area contributed by atoms with E-state index in [4.69, 9.17) is 5.73 Å². The highest BCUT2D eigenvalue weighted by Gasteiger charge is 2.09. The number of nitrogens with zero attached hydrogens (tertiary/aromatic N) is 1. The number of aryl methyl sites for hydroxylation is 1. The van der Waals surface area contributed by atoms with Crippen molar-refractivity contribution in [3.05, 3.63) is 60.3 Å². The molecule has 2 N–H and O–H groups in total. The van der Waals surface area contributed by atoms with E-state index in [9.17, 15) is 9.59 Å². The predicted octanol–water partition coefficient (Wildman–Crippen LogP) is 2.59. The van der Waals surface area contributed by atoms with Gasteiger partial charge in [0.15, 0.2) is 6.29 Å². The Labute approximate surface area is 123 Å². The average Bonchev–Trinajstić information content (AvgIpc) is 2.86. The highest BCUT2D eigenvalue weighted by Crippen LogP contribution is 2.18. The van der Waals surface area contributed by atoms with Gasteiger partial charge in [0.2, 0.25) is 5.91 Å². The van der Waals surface area contributed by atoms with E-state index < -0.39 is 0 Å². The molecular weight excluding hydrogens is 264 g/mol. The van der Waals surface area contributed by atoms with Gasteiger partial charge in [0.25, 0.3) is 0 Å². The van der Waals surface area contributed by atoms with Gasteiger partial charge in [0.05, 0.1) is 5.92 Å². The summed E-state index contributed by atoms with van der Waals surface area (Å²) >= 11 is 0. The third-order valence-electron chi connectivity index (χ3n) is 3.40. The Bertz CT molecular complexity index is 711. The molecule has 1 aromatic heterocycles. The second-order valence-corrected chi connectivity index (χ2v) is 4.89. The second-order valence-electron chi connectivity index (χ2n) is 4.89. The molecule has 0 saturated carbocycles. The zero-order valence-electron chi connectivity index (χ0n) is 11.9. The molecule has 0 spiro atoms. The number of para-hydroxylation sites is 1. The zero-order chi connectivity index (χ0) is 15.2. The number of aromatic nitrogens is 1. The number of benzene rings is 1. The number of nitrogens with two attached hydrogens (primary N) is 1. The summed E-state index contributed by atoms with van der Waals surface area (Å²) in [5.74, 6) is -0.314. The molecule has 1 aliphatic carbocycles. The average molecular weight is 282 g/mol. The summed E-state index contributed by atoms with van der Waals surface area (Å²) in [7, 11) is 1.94. The molecule has 0 aliphatic heterocycles. The van der Waals surface area contributed by atoms with Crippen molar-refractivity contribution in [3.63, 3.8) is 0 Å². The molecule has 4 nitrogen and oxygen atoms in total. The van der Waals surface area contributed by atoms with Crippen molar-refractivity contribution < 1.29 is 9.59 Å². The van der Waals surface area contributed by atoms with Crippen LogP contribution in [0.3, 0.4) is 0 Å². The SMILES string of the molecule is Cn1cc(C=O)c2ccccc21.NC(=O)C1C=CC=CC1. The lowest BCUT2D eigenvalue weighted by Crippen LogP contribution is -2.21. The van der Waals surface area contributed by atoms with E-state index in [1.165, 1.54) is 0 Å². The van der Waals surface area contributed by atoms with Crippen LogP contribution in [0.1, 0.15) is 16.8 Å². The van der Waals surface area contributed by atoms with Crippen molar-refractivity contribution in [1.82, 2.24) is 4.57 Å². The summed E-state index contributed by atoms with van der Waals surface area (Å²) in [6, 6.07) is 7.87. The lowest BCUT2D eigenvalue weighted by atomic mass is 10.0. The number of primary amides is 1.